The first kappa shape index (κ1) is 44.7. The van der Waals surface area contributed by atoms with Gasteiger partial charge >= 0.3 is 0 Å². The maximum Gasteiger partial charge on any atom is 0.126 e. The highest BCUT2D eigenvalue weighted by molar-refractivity contribution is 5.46. The number of aryl methyl sites for hydroxylation is 1. The lowest BCUT2D eigenvalue weighted by Gasteiger charge is -2.46. The first-order valence-electron chi connectivity index (χ1n) is 22.3. The first-order chi connectivity index (χ1) is 31.6. The van der Waals surface area contributed by atoms with Gasteiger partial charge in [-0.25, -0.2) is 0 Å². The van der Waals surface area contributed by atoms with E-state index in [1.165, 1.54) is 5.56 Å². The maximum atomic E-state index is 9.55. The van der Waals surface area contributed by atoms with Crippen molar-refractivity contribution in [2.24, 2.45) is 0 Å². The molecule has 328 valence electrons. The summed E-state index contributed by atoms with van der Waals surface area (Å²) >= 11 is 0. The third kappa shape index (κ3) is 12.4. The lowest BCUT2D eigenvalue weighted by Crippen LogP contribution is -2.58. The summed E-state index contributed by atoms with van der Waals surface area (Å²) in [6.07, 6.45) is -1.69. The fraction of sp³-hybridized carbons (Fsp3) is 0.263. The summed E-state index contributed by atoms with van der Waals surface area (Å²) in [6, 6.07) is 63.9. The van der Waals surface area contributed by atoms with E-state index in [1.807, 2.05) is 91.0 Å². The van der Waals surface area contributed by atoms with Gasteiger partial charge in [-0.05, 0) is 82.0 Å². The summed E-state index contributed by atoms with van der Waals surface area (Å²) in [4.78, 5) is 0. The van der Waals surface area contributed by atoms with Gasteiger partial charge in [-0.1, -0.05) is 176 Å². The third-order valence-corrected chi connectivity index (χ3v) is 11.7. The predicted octanol–water partition coefficient (Wildman–Crippen LogP) is 11.1. The van der Waals surface area contributed by atoms with Gasteiger partial charge in [0.15, 0.2) is 0 Å². The fourth-order valence-corrected chi connectivity index (χ4v) is 8.23. The first-order valence-corrected chi connectivity index (χ1v) is 22.3. The number of rotatable bonds is 21. The van der Waals surface area contributed by atoms with Crippen molar-refractivity contribution in [3.05, 3.63) is 244 Å². The molecular formula is C57H58O7. The number of hydrogen-bond acceptors (Lipinski definition) is 7. The Labute approximate surface area is 378 Å². The van der Waals surface area contributed by atoms with Gasteiger partial charge in [-0.15, -0.1) is 0 Å². The molecule has 1 heterocycles. The van der Waals surface area contributed by atoms with Gasteiger partial charge in [0, 0.05) is 12.2 Å². The smallest absolute Gasteiger partial charge is 0.126 e. The van der Waals surface area contributed by atoms with Crippen LogP contribution in [0, 0.1) is 6.92 Å². The molecule has 0 spiro atoms. The summed E-state index contributed by atoms with van der Waals surface area (Å²) in [5.41, 5.74) is 10.6. The number of benzene rings is 7. The largest absolute Gasteiger partial charge is 0.489 e. The molecule has 0 bridgehead atoms. The van der Waals surface area contributed by atoms with Gasteiger partial charge in [-0.3, -0.25) is 0 Å². The Morgan fingerprint density at radius 2 is 0.922 bits per heavy atom. The van der Waals surface area contributed by atoms with Crippen molar-refractivity contribution in [2.75, 3.05) is 13.2 Å². The Balaban J connectivity index is 1.22. The van der Waals surface area contributed by atoms with Gasteiger partial charge < -0.3 is 33.5 Å². The van der Waals surface area contributed by atoms with Crippen LogP contribution in [0.1, 0.15) is 61.7 Å². The Hall–Kier alpha value is -5.90. The Morgan fingerprint density at radius 1 is 0.469 bits per heavy atom. The van der Waals surface area contributed by atoms with Crippen LogP contribution in [0.25, 0.3) is 0 Å². The third-order valence-electron chi connectivity index (χ3n) is 11.7. The lowest BCUT2D eigenvalue weighted by molar-refractivity contribution is -0.275. The minimum atomic E-state index is -0.650. The second-order valence-electron chi connectivity index (χ2n) is 16.4. The Kier molecular flexibility index (Phi) is 16.2. The molecule has 0 radical (unpaired) electrons. The van der Waals surface area contributed by atoms with Crippen LogP contribution in [0.15, 0.2) is 188 Å². The molecule has 7 aromatic carbocycles. The standard InChI is InChI=1S/C57H58O7/c1-42-33-52(60-37-46-19-9-3-10-20-46)51(35-50(42)34-44-29-27-43(28-30-44)31-32-58)54-56(62-39-48-23-13-5-14-24-48)57(63-40-49-25-15-6-16-26-49)55(61-38-47-21-11-4-12-22-47)53(64-54)41-59-36-45-17-7-2-8-18-45/h2-30,33,35,53-58H,31-32,34,36-41H2,1H3/t53-,54+,55-,56+,57+/m1/s1. The molecule has 7 nitrogen and oxygen atoms in total. The van der Waals surface area contributed by atoms with Crippen LogP contribution in [-0.2, 0) is 69.6 Å². The molecule has 1 aliphatic heterocycles. The van der Waals surface area contributed by atoms with E-state index >= 15 is 0 Å². The van der Waals surface area contributed by atoms with Crippen LogP contribution in [0.5, 0.6) is 5.75 Å². The van der Waals surface area contributed by atoms with Gasteiger partial charge in [0.25, 0.3) is 0 Å². The molecule has 8 rings (SSSR count). The van der Waals surface area contributed by atoms with Gasteiger partial charge in [0.05, 0.1) is 33.0 Å². The second-order valence-corrected chi connectivity index (χ2v) is 16.4. The van der Waals surface area contributed by atoms with Gasteiger partial charge in [-0.2, -0.15) is 0 Å². The molecule has 0 saturated carbocycles. The quantitative estimate of drug-likeness (QED) is 0.0772. The van der Waals surface area contributed by atoms with Crippen LogP contribution in [0.3, 0.4) is 0 Å². The molecule has 7 heteroatoms. The summed E-state index contributed by atoms with van der Waals surface area (Å²) in [5, 5.41) is 9.55. The summed E-state index contributed by atoms with van der Waals surface area (Å²) in [7, 11) is 0. The van der Waals surface area contributed by atoms with Gasteiger partial charge in [0.1, 0.15) is 42.9 Å². The Bertz CT molecular complexity index is 2410. The van der Waals surface area contributed by atoms with Crippen molar-refractivity contribution < 1.29 is 33.5 Å². The van der Waals surface area contributed by atoms with Crippen LogP contribution in [0.2, 0.25) is 0 Å². The molecule has 5 atom stereocenters. The second kappa shape index (κ2) is 23.2. The van der Waals surface area contributed by atoms with Crippen molar-refractivity contribution in [1.82, 2.24) is 0 Å². The number of hydrogen-bond donors (Lipinski definition) is 1. The molecule has 1 N–H and O–H groups in total. The maximum absolute atomic E-state index is 9.55. The average molecular weight is 855 g/mol. The van der Waals surface area contributed by atoms with E-state index in [2.05, 4.69) is 104 Å². The monoisotopic (exact) mass is 854 g/mol. The van der Waals surface area contributed by atoms with E-state index in [9.17, 15) is 5.11 Å². The number of aliphatic hydroxyl groups is 1. The van der Waals surface area contributed by atoms with E-state index in [1.54, 1.807) is 0 Å². The molecule has 0 aliphatic carbocycles. The van der Waals surface area contributed by atoms with Crippen LogP contribution in [0.4, 0.5) is 0 Å². The van der Waals surface area contributed by atoms with Crippen molar-refractivity contribution in [3.63, 3.8) is 0 Å². The molecule has 1 fully saturated rings. The molecule has 1 aliphatic rings. The van der Waals surface area contributed by atoms with Crippen LogP contribution < -0.4 is 4.74 Å². The zero-order valence-corrected chi connectivity index (χ0v) is 36.5. The topological polar surface area (TPSA) is 75.6 Å². The minimum absolute atomic E-state index is 0.119. The molecular weight excluding hydrogens is 797 g/mol. The normalized spacial score (nSPS) is 18.4. The highest BCUT2D eigenvalue weighted by Crippen LogP contribution is 2.43. The SMILES string of the molecule is Cc1cc(OCc2ccccc2)c([C@@H]2O[C@H](COCc3ccccc3)[C@@H](OCc3ccccc3)[C@H](OCc3ccccc3)[C@H]2OCc2ccccc2)cc1Cc1ccc(CCO)cc1. The fourth-order valence-electron chi connectivity index (χ4n) is 8.23. The zero-order chi connectivity index (χ0) is 43.8. The van der Waals surface area contributed by atoms with Crippen molar-refractivity contribution in [1.29, 1.82) is 0 Å². The van der Waals surface area contributed by atoms with Crippen molar-refractivity contribution in [3.8, 4) is 5.75 Å². The van der Waals surface area contributed by atoms with Crippen molar-refractivity contribution in [2.45, 2.75) is 83.3 Å². The highest BCUT2D eigenvalue weighted by Gasteiger charge is 2.50. The highest BCUT2D eigenvalue weighted by atomic mass is 16.6. The predicted molar refractivity (Wildman–Crippen MR) is 251 cm³/mol. The summed E-state index contributed by atoms with van der Waals surface area (Å²) in [6.45, 7) is 4.32. The van der Waals surface area contributed by atoms with Crippen LogP contribution in [-0.4, -0.2) is 42.7 Å². The lowest BCUT2D eigenvalue weighted by atomic mass is 9.87. The van der Waals surface area contributed by atoms with E-state index in [4.69, 9.17) is 28.4 Å². The minimum Gasteiger partial charge on any atom is -0.489 e. The summed E-state index contributed by atoms with van der Waals surface area (Å²) < 4.78 is 42.0. The molecule has 64 heavy (non-hydrogen) atoms. The van der Waals surface area contributed by atoms with E-state index in [0.29, 0.717) is 45.9 Å². The van der Waals surface area contributed by atoms with E-state index < -0.39 is 30.5 Å². The number of ether oxygens (including phenoxy) is 6. The van der Waals surface area contributed by atoms with Crippen molar-refractivity contribution >= 4 is 0 Å². The average Bonchev–Trinajstić information content (AvgIpc) is 3.34. The van der Waals surface area contributed by atoms with E-state index in [-0.39, 0.29) is 13.2 Å². The molecule has 0 aromatic heterocycles. The molecule has 7 aromatic rings. The Morgan fingerprint density at radius 3 is 1.44 bits per heavy atom. The van der Waals surface area contributed by atoms with Crippen LogP contribution >= 0.6 is 0 Å². The van der Waals surface area contributed by atoms with E-state index in [0.717, 1.165) is 55.8 Å². The molecule has 0 unspecified atom stereocenters. The molecule has 0 amide bonds. The van der Waals surface area contributed by atoms with Gasteiger partial charge in [0.2, 0.25) is 0 Å². The number of aliphatic hydroxyl groups excluding tert-OH is 1. The summed E-state index contributed by atoms with van der Waals surface area (Å²) in [5.74, 6) is 0.719. The zero-order valence-electron chi connectivity index (χ0n) is 36.5. The molecule has 1 saturated heterocycles.